The maximum absolute atomic E-state index is 11.3. The number of ketones is 1. The molecule has 26 heavy (non-hydrogen) atoms. The number of fused-ring (bicyclic) bond motifs is 5. The highest BCUT2D eigenvalue weighted by atomic mass is 16.1. The van der Waals surface area contributed by atoms with Crippen molar-refractivity contribution in [2.45, 2.75) is 91.9 Å². The molecular formula is C25H38O. The molecule has 0 aromatic carbocycles. The zero-order chi connectivity index (χ0) is 18.5. The Morgan fingerprint density at radius 1 is 0.923 bits per heavy atom. The third-order valence-corrected chi connectivity index (χ3v) is 9.74. The Kier molecular flexibility index (Phi) is 4.78. The van der Waals surface area contributed by atoms with Crippen molar-refractivity contribution in [2.24, 2.45) is 46.3 Å². The van der Waals surface area contributed by atoms with Crippen LogP contribution in [0.25, 0.3) is 0 Å². The Bertz CT molecular complexity index is 624. The predicted octanol–water partition coefficient (Wildman–Crippen LogP) is 6.26. The Morgan fingerprint density at radius 3 is 2.46 bits per heavy atom. The van der Waals surface area contributed by atoms with Crippen LogP contribution in [0.15, 0.2) is 0 Å². The summed E-state index contributed by atoms with van der Waals surface area (Å²) in [5, 5.41) is 0. The second-order valence-electron chi connectivity index (χ2n) is 10.7. The summed E-state index contributed by atoms with van der Waals surface area (Å²) in [7, 11) is 0. The van der Waals surface area contributed by atoms with E-state index in [1.165, 1.54) is 64.2 Å². The van der Waals surface area contributed by atoms with Crippen LogP contribution >= 0.6 is 0 Å². The fourth-order valence-electron chi connectivity index (χ4n) is 8.47. The molecule has 4 aliphatic rings. The lowest BCUT2D eigenvalue weighted by Crippen LogP contribution is -2.53. The molecule has 0 aliphatic heterocycles. The highest BCUT2D eigenvalue weighted by molar-refractivity contribution is 5.93. The van der Waals surface area contributed by atoms with E-state index in [0.717, 1.165) is 23.7 Å². The summed E-state index contributed by atoms with van der Waals surface area (Å²) in [5.41, 5.74) is 1.10. The maximum Gasteiger partial charge on any atom is 0.202 e. The molecule has 4 rings (SSSR count). The van der Waals surface area contributed by atoms with Gasteiger partial charge in [-0.1, -0.05) is 39.5 Å². The van der Waals surface area contributed by atoms with Crippen LogP contribution in [-0.2, 0) is 4.79 Å². The van der Waals surface area contributed by atoms with Crippen LogP contribution in [0.5, 0.6) is 0 Å². The fourth-order valence-corrected chi connectivity index (χ4v) is 8.47. The van der Waals surface area contributed by atoms with E-state index in [1.807, 2.05) is 0 Å². The van der Waals surface area contributed by atoms with Crippen LogP contribution in [0.3, 0.4) is 0 Å². The van der Waals surface area contributed by atoms with Crippen LogP contribution in [0, 0.1) is 58.2 Å². The summed E-state index contributed by atoms with van der Waals surface area (Å²) in [6, 6.07) is 0. The molecule has 0 spiro atoms. The van der Waals surface area contributed by atoms with Gasteiger partial charge in [0.05, 0.1) is 0 Å². The van der Waals surface area contributed by atoms with Gasteiger partial charge in [0, 0.05) is 12.8 Å². The number of hydrogen-bond acceptors (Lipinski definition) is 1. The van der Waals surface area contributed by atoms with Crippen molar-refractivity contribution in [2.75, 3.05) is 0 Å². The summed E-state index contributed by atoms with van der Waals surface area (Å²) in [6.45, 7) is 9.13. The first-order valence-corrected chi connectivity index (χ1v) is 11.4. The molecule has 0 aromatic rings. The molecule has 0 saturated heterocycles. The van der Waals surface area contributed by atoms with Crippen LogP contribution < -0.4 is 0 Å². The molecule has 1 unspecified atom stereocenters. The highest BCUT2D eigenvalue weighted by Crippen LogP contribution is 2.68. The van der Waals surface area contributed by atoms with Gasteiger partial charge in [-0.15, -0.1) is 0 Å². The van der Waals surface area contributed by atoms with E-state index >= 15 is 0 Å². The summed E-state index contributed by atoms with van der Waals surface area (Å²) in [4.78, 5) is 11.3. The van der Waals surface area contributed by atoms with E-state index in [9.17, 15) is 4.79 Å². The van der Waals surface area contributed by atoms with E-state index in [0.29, 0.717) is 22.7 Å². The van der Waals surface area contributed by atoms with Crippen LogP contribution in [0.4, 0.5) is 0 Å². The molecular weight excluding hydrogens is 316 g/mol. The molecule has 4 fully saturated rings. The number of carbonyl (C=O) groups is 1. The van der Waals surface area contributed by atoms with Crippen LogP contribution in [0.2, 0.25) is 0 Å². The van der Waals surface area contributed by atoms with Crippen molar-refractivity contribution in [3.8, 4) is 11.8 Å². The summed E-state index contributed by atoms with van der Waals surface area (Å²) >= 11 is 0. The maximum atomic E-state index is 11.3. The molecule has 1 heteroatoms. The first kappa shape index (κ1) is 18.6. The third-order valence-electron chi connectivity index (χ3n) is 9.74. The Morgan fingerprint density at radius 2 is 1.69 bits per heavy atom. The molecule has 0 N–H and O–H groups in total. The SMILES string of the molecule is CC(=O)C#C[C@@H](C)[C@H]1CC[C@H]2[C@@H]3CCC4CCCC[C@]4(C)[C@H]3CC[C@]12C. The standard InChI is InChI=1S/C25H38O/c1-17(8-9-18(2)26)21-12-13-22-20-11-10-19-7-5-6-15-24(19,3)23(20)14-16-25(21,22)4/h17,19-23H,5-7,10-16H2,1-4H3/t17-,19?,20+,21-,22+,23+,24+,25-/m1/s1. The predicted molar refractivity (Wildman–Crippen MR) is 107 cm³/mol. The molecule has 0 aromatic heterocycles. The normalized spacial score (nSPS) is 48.4. The molecule has 1 nitrogen and oxygen atoms in total. The number of rotatable bonds is 1. The average Bonchev–Trinajstić information content (AvgIpc) is 2.96. The summed E-state index contributed by atoms with van der Waals surface area (Å²) in [5.74, 6) is 11.1. The van der Waals surface area contributed by atoms with Gasteiger partial charge in [0.2, 0.25) is 5.78 Å². The lowest BCUT2D eigenvalue weighted by atomic mass is 9.44. The van der Waals surface area contributed by atoms with Gasteiger partial charge in [0.25, 0.3) is 0 Å². The molecule has 8 atom stereocenters. The molecule has 144 valence electrons. The van der Waals surface area contributed by atoms with Gasteiger partial charge in [0.15, 0.2) is 0 Å². The molecule has 0 heterocycles. The van der Waals surface area contributed by atoms with Crippen LogP contribution in [0.1, 0.15) is 91.9 Å². The summed E-state index contributed by atoms with van der Waals surface area (Å²) in [6.07, 6.45) is 14.5. The zero-order valence-corrected chi connectivity index (χ0v) is 17.4. The quantitative estimate of drug-likeness (QED) is 0.401. The Hall–Kier alpha value is -0.770. The van der Waals surface area contributed by atoms with Crippen molar-refractivity contribution in [3.05, 3.63) is 0 Å². The molecule has 0 bridgehead atoms. The lowest BCUT2D eigenvalue weighted by Gasteiger charge is -2.60. The second-order valence-corrected chi connectivity index (χ2v) is 10.7. The minimum absolute atomic E-state index is 0.0174. The number of hydrogen-bond donors (Lipinski definition) is 0. The van der Waals surface area contributed by atoms with Gasteiger partial charge in [-0.05, 0) is 97.7 Å². The second kappa shape index (κ2) is 6.68. The van der Waals surface area contributed by atoms with Crippen molar-refractivity contribution in [3.63, 3.8) is 0 Å². The van der Waals surface area contributed by atoms with Crippen molar-refractivity contribution < 1.29 is 4.79 Å². The molecule has 4 saturated carbocycles. The van der Waals surface area contributed by atoms with E-state index in [2.05, 4.69) is 32.6 Å². The molecule has 0 radical (unpaired) electrons. The average molecular weight is 355 g/mol. The fraction of sp³-hybridized carbons (Fsp3) is 0.880. The summed E-state index contributed by atoms with van der Waals surface area (Å²) < 4.78 is 0. The molecule has 0 amide bonds. The number of Topliss-reactive ketones (excluding diaryl/α,β-unsaturated/α-hetero) is 1. The lowest BCUT2D eigenvalue weighted by molar-refractivity contribution is -0.113. The Labute approximate surface area is 161 Å². The minimum atomic E-state index is 0.0174. The Balaban J connectivity index is 1.57. The van der Waals surface area contributed by atoms with Crippen LogP contribution in [-0.4, -0.2) is 5.78 Å². The minimum Gasteiger partial charge on any atom is -0.285 e. The van der Waals surface area contributed by atoms with E-state index in [-0.39, 0.29) is 5.78 Å². The zero-order valence-electron chi connectivity index (χ0n) is 17.4. The van der Waals surface area contributed by atoms with Gasteiger partial charge in [-0.25, -0.2) is 0 Å². The van der Waals surface area contributed by atoms with Crippen molar-refractivity contribution >= 4 is 5.78 Å². The molecule has 4 aliphatic carbocycles. The topological polar surface area (TPSA) is 17.1 Å². The first-order chi connectivity index (χ1) is 12.4. The number of carbonyl (C=O) groups excluding carboxylic acids is 1. The van der Waals surface area contributed by atoms with E-state index in [4.69, 9.17) is 0 Å². The smallest absolute Gasteiger partial charge is 0.202 e. The van der Waals surface area contributed by atoms with Gasteiger partial charge in [-0.3, -0.25) is 4.79 Å². The van der Waals surface area contributed by atoms with Crippen molar-refractivity contribution in [1.29, 1.82) is 0 Å². The van der Waals surface area contributed by atoms with Crippen molar-refractivity contribution in [1.82, 2.24) is 0 Å². The third kappa shape index (κ3) is 2.78. The monoisotopic (exact) mass is 354 g/mol. The van der Waals surface area contributed by atoms with E-state index in [1.54, 1.807) is 6.92 Å². The van der Waals surface area contributed by atoms with Gasteiger partial charge in [-0.2, -0.15) is 0 Å². The van der Waals surface area contributed by atoms with E-state index < -0.39 is 0 Å². The first-order valence-electron chi connectivity index (χ1n) is 11.4. The van der Waals surface area contributed by atoms with Gasteiger partial charge < -0.3 is 0 Å². The van der Waals surface area contributed by atoms with Gasteiger partial charge in [0.1, 0.15) is 0 Å². The largest absolute Gasteiger partial charge is 0.285 e. The van der Waals surface area contributed by atoms with Gasteiger partial charge >= 0.3 is 0 Å². The highest BCUT2D eigenvalue weighted by Gasteiger charge is 2.60.